The fourth-order valence-corrected chi connectivity index (χ4v) is 3.00. The van der Waals surface area contributed by atoms with Crippen LogP contribution in [0.5, 0.6) is 11.5 Å². The van der Waals surface area contributed by atoms with Crippen molar-refractivity contribution in [1.82, 2.24) is 9.80 Å². The van der Waals surface area contributed by atoms with Gasteiger partial charge in [-0.05, 0) is 65.0 Å². The Labute approximate surface area is 121 Å². The Morgan fingerprint density at radius 1 is 1.25 bits per heavy atom. The summed E-state index contributed by atoms with van der Waals surface area (Å²) in [5.41, 5.74) is 0.628. The van der Waals surface area contributed by atoms with Crippen molar-refractivity contribution in [3.8, 4) is 11.5 Å². The molecule has 0 bridgehead atoms. The largest absolute Gasteiger partial charge is 0.507 e. The third-order valence-corrected chi connectivity index (χ3v) is 4.52. The summed E-state index contributed by atoms with van der Waals surface area (Å²) in [5, 5.41) is 19.9. The molecule has 1 unspecified atom stereocenters. The summed E-state index contributed by atoms with van der Waals surface area (Å²) in [6, 6.07) is 4.94. The number of rotatable bonds is 4. The molecule has 1 atom stereocenters. The molecule has 0 radical (unpaired) electrons. The highest BCUT2D eigenvalue weighted by atomic mass is 16.3. The first-order valence-corrected chi connectivity index (χ1v) is 7.38. The molecular weight excluding hydrogens is 252 g/mol. The molecular formula is C16H26N2O2. The average molecular weight is 278 g/mol. The number of aromatic hydroxyl groups is 2. The summed E-state index contributed by atoms with van der Waals surface area (Å²) >= 11 is 0. The van der Waals surface area contributed by atoms with Crippen molar-refractivity contribution < 1.29 is 10.2 Å². The van der Waals surface area contributed by atoms with Gasteiger partial charge in [0, 0.05) is 12.6 Å². The van der Waals surface area contributed by atoms with Gasteiger partial charge in [-0.15, -0.1) is 0 Å². The molecule has 0 amide bonds. The maximum absolute atomic E-state index is 9.96. The first kappa shape index (κ1) is 15.1. The second kappa shape index (κ2) is 6.46. The molecule has 4 nitrogen and oxygen atoms in total. The van der Waals surface area contributed by atoms with Crippen LogP contribution in [-0.4, -0.2) is 53.7 Å². The van der Waals surface area contributed by atoms with E-state index in [9.17, 15) is 10.2 Å². The van der Waals surface area contributed by atoms with Gasteiger partial charge in [0.15, 0.2) is 0 Å². The first-order chi connectivity index (χ1) is 9.49. The molecule has 1 fully saturated rings. The van der Waals surface area contributed by atoms with Crippen LogP contribution in [0.25, 0.3) is 0 Å². The number of hydrogen-bond donors (Lipinski definition) is 2. The zero-order chi connectivity index (χ0) is 14.7. The number of likely N-dealkylation sites (tertiary alicyclic amines) is 1. The predicted octanol–water partition coefficient (Wildman–Crippen LogP) is 2.43. The van der Waals surface area contributed by atoms with Crippen molar-refractivity contribution in [2.75, 3.05) is 33.7 Å². The average Bonchev–Trinajstić information content (AvgIpc) is 2.41. The molecule has 1 aromatic rings. The topological polar surface area (TPSA) is 46.9 Å². The second-order valence-electron chi connectivity index (χ2n) is 6.07. The Bertz CT molecular complexity index is 422. The van der Waals surface area contributed by atoms with Crippen molar-refractivity contribution in [3.05, 3.63) is 23.8 Å². The molecule has 1 aliphatic rings. The highest BCUT2D eigenvalue weighted by Gasteiger charge is 2.23. The van der Waals surface area contributed by atoms with E-state index >= 15 is 0 Å². The van der Waals surface area contributed by atoms with Gasteiger partial charge in [-0.1, -0.05) is 6.07 Å². The number of nitrogens with zero attached hydrogens (tertiary/aromatic N) is 2. The van der Waals surface area contributed by atoms with Gasteiger partial charge in [-0.3, -0.25) is 4.90 Å². The minimum absolute atomic E-state index is 0.0101. The van der Waals surface area contributed by atoms with Crippen molar-refractivity contribution in [1.29, 1.82) is 0 Å². The highest BCUT2D eigenvalue weighted by molar-refractivity contribution is 5.44. The molecule has 20 heavy (non-hydrogen) atoms. The SMILES string of the molecule is CC(c1c(O)cccc1O)N(C)CC1CCN(C)CC1. The second-order valence-corrected chi connectivity index (χ2v) is 6.07. The third kappa shape index (κ3) is 3.44. The van der Waals surface area contributed by atoms with E-state index < -0.39 is 0 Å². The number of hydrogen-bond acceptors (Lipinski definition) is 4. The summed E-state index contributed by atoms with van der Waals surface area (Å²) < 4.78 is 0. The zero-order valence-electron chi connectivity index (χ0n) is 12.7. The lowest BCUT2D eigenvalue weighted by Gasteiger charge is -2.34. The Hall–Kier alpha value is -1.26. The van der Waals surface area contributed by atoms with Gasteiger partial charge >= 0.3 is 0 Å². The molecule has 2 N–H and O–H groups in total. The van der Waals surface area contributed by atoms with Crippen LogP contribution in [0.1, 0.15) is 31.4 Å². The Balaban J connectivity index is 2.00. The van der Waals surface area contributed by atoms with Crippen molar-refractivity contribution in [2.24, 2.45) is 5.92 Å². The summed E-state index contributed by atoms with van der Waals surface area (Å²) in [4.78, 5) is 4.60. The lowest BCUT2D eigenvalue weighted by atomic mass is 9.95. The van der Waals surface area contributed by atoms with E-state index in [1.807, 2.05) is 6.92 Å². The van der Waals surface area contributed by atoms with Crippen molar-refractivity contribution >= 4 is 0 Å². The minimum Gasteiger partial charge on any atom is -0.507 e. The Morgan fingerprint density at radius 2 is 1.80 bits per heavy atom. The van der Waals surface area contributed by atoms with Crippen molar-refractivity contribution in [2.45, 2.75) is 25.8 Å². The quantitative estimate of drug-likeness (QED) is 0.888. The molecule has 0 saturated carbocycles. The van der Waals surface area contributed by atoms with Gasteiger partial charge in [0.2, 0.25) is 0 Å². The molecule has 2 rings (SSSR count). The van der Waals surface area contributed by atoms with Crippen LogP contribution in [0.2, 0.25) is 0 Å². The number of piperidine rings is 1. The fraction of sp³-hybridized carbons (Fsp3) is 0.625. The van der Waals surface area contributed by atoms with E-state index in [0.29, 0.717) is 11.5 Å². The van der Waals surface area contributed by atoms with Crippen LogP contribution < -0.4 is 0 Å². The predicted molar refractivity (Wildman–Crippen MR) is 81.0 cm³/mol. The van der Waals surface area contributed by atoms with E-state index in [1.54, 1.807) is 18.2 Å². The number of phenolic OH excluding ortho intramolecular Hbond substituents is 2. The molecule has 0 aromatic heterocycles. The third-order valence-electron chi connectivity index (χ3n) is 4.52. The normalized spacial score (nSPS) is 19.4. The number of phenols is 2. The maximum Gasteiger partial charge on any atom is 0.124 e. The van der Waals surface area contributed by atoms with Crippen molar-refractivity contribution in [3.63, 3.8) is 0 Å². The number of benzene rings is 1. The van der Waals surface area contributed by atoms with Crippen LogP contribution >= 0.6 is 0 Å². The van der Waals surface area contributed by atoms with Gasteiger partial charge in [-0.2, -0.15) is 0 Å². The molecule has 0 spiro atoms. The first-order valence-electron chi connectivity index (χ1n) is 7.38. The van der Waals surface area contributed by atoms with E-state index in [1.165, 1.54) is 12.8 Å². The van der Waals surface area contributed by atoms with E-state index in [-0.39, 0.29) is 17.5 Å². The van der Waals surface area contributed by atoms with Crippen LogP contribution in [0.4, 0.5) is 0 Å². The van der Waals surface area contributed by atoms with Gasteiger partial charge in [0.1, 0.15) is 11.5 Å². The van der Waals surface area contributed by atoms with Gasteiger partial charge < -0.3 is 15.1 Å². The maximum atomic E-state index is 9.96. The molecule has 0 aliphatic carbocycles. The lowest BCUT2D eigenvalue weighted by Crippen LogP contribution is -2.36. The summed E-state index contributed by atoms with van der Waals surface area (Å²) in [7, 11) is 4.23. The summed E-state index contributed by atoms with van der Waals surface area (Å²) in [6.07, 6.45) is 2.45. The molecule has 4 heteroatoms. The molecule has 1 aromatic carbocycles. The molecule has 1 saturated heterocycles. The smallest absolute Gasteiger partial charge is 0.124 e. The highest BCUT2D eigenvalue weighted by Crippen LogP contribution is 2.35. The van der Waals surface area contributed by atoms with Crippen LogP contribution in [-0.2, 0) is 0 Å². The van der Waals surface area contributed by atoms with Gasteiger partial charge in [0.25, 0.3) is 0 Å². The van der Waals surface area contributed by atoms with Crippen LogP contribution in [0, 0.1) is 5.92 Å². The minimum atomic E-state index is 0.0101. The Morgan fingerprint density at radius 3 is 2.35 bits per heavy atom. The van der Waals surface area contributed by atoms with E-state index in [0.717, 1.165) is 19.6 Å². The summed E-state index contributed by atoms with van der Waals surface area (Å²) in [6.45, 7) is 5.36. The van der Waals surface area contributed by atoms with Gasteiger partial charge in [-0.25, -0.2) is 0 Å². The van der Waals surface area contributed by atoms with E-state index in [2.05, 4.69) is 23.9 Å². The molecule has 1 heterocycles. The zero-order valence-corrected chi connectivity index (χ0v) is 12.7. The van der Waals surface area contributed by atoms with Gasteiger partial charge in [0.05, 0.1) is 5.56 Å². The molecule has 112 valence electrons. The van der Waals surface area contributed by atoms with Crippen LogP contribution in [0.15, 0.2) is 18.2 Å². The summed E-state index contributed by atoms with van der Waals surface area (Å²) in [5.74, 6) is 1.05. The molecule has 1 aliphatic heterocycles. The van der Waals surface area contributed by atoms with E-state index in [4.69, 9.17) is 0 Å². The lowest BCUT2D eigenvalue weighted by molar-refractivity contribution is 0.153. The standard InChI is InChI=1S/C16H26N2O2/c1-12(16-14(19)5-4-6-15(16)20)18(3)11-13-7-9-17(2)10-8-13/h4-6,12-13,19-20H,7-11H2,1-3H3. The fourth-order valence-electron chi connectivity index (χ4n) is 3.00. The monoisotopic (exact) mass is 278 g/mol. The Kier molecular flexibility index (Phi) is 4.89. The van der Waals surface area contributed by atoms with Crippen LogP contribution in [0.3, 0.4) is 0 Å².